The van der Waals surface area contributed by atoms with Gasteiger partial charge in [0.1, 0.15) is 23.6 Å². The lowest BCUT2D eigenvalue weighted by Crippen LogP contribution is -2.50. The van der Waals surface area contributed by atoms with Crippen LogP contribution in [0, 0.1) is 13.8 Å². The lowest BCUT2D eigenvalue weighted by atomic mass is 9.76. The van der Waals surface area contributed by atoms with Gasteiger partial charge in [-0.15, -0.1) is 0 Å². The molecule has 0 aromatic carbocycles. The Labute approximate surface area is 243 Å². The van der Waals surface area contributed by atoms with Crippen molar-refractivity contribution >= 4 is 28.4 Å². The molecular formula is C30H34N10O2. The highest BCUT2D eigenvalue weighted by atomic mass is 16.5. The summed E-state index contributed by atoms with van der Waals surface area (Å²) in [5, 5.41) is 18.9. The van der Waals surface area contributed by atoms with E-state index in [2.05, 4.69) is 40.9 Å². The summed E-state index contributed by atoms with van der Waals surface area (Å²) in [5.41, 5.74) is 2.75. The first-order valence-electron chi connectivity index (χ1n) is 14.1. The fraction of sp³-hybridized carbons (Fsp3) is 0.367. The molecule has 1 amide bonds. The SMILES string of the molecule is CO[C@]1(C(=O)N[C@@H](C)c2ccc(-n3ncnc3C)nc2)CC[C@H](c2nc(Nc3cc(C)[nH]n3)cc3cccnc32)CC1. The number of ether oxygens (including phenoxy) is 1. The summed E-state index contributed by atoms with van der Waals surface area (Å²) in [4.78, 5) is 31.9. The minimum absolute atomic E-state index is 0.118. The molecule has 0 unspecified atom stereocenters. The van der Waals surface area contributed by atoms with Crippen LogP contribution >= 0.6 is 0 Å². The Bertz CT molecular complexity index is 1700. The predicted octanol–water partition coefficient (Wildman–Crippen LogP) is 4.61. The van der Waals surface area contributed by atoms with Crippen LogP contribution in [0.25, 0.3) is 16.7 Å². The fourth-order valence-electron chi connectivity index (χ4n) is 5.67. The molecule has 6 rings (SSSR count). The van der Waals surface area contributed by atoms with E-state index in [-0.39, 0.29) is 17.9 Å². The zero-order valence-electron chi connectivity index (χ0n) is 24.1. The van der Waals surface area contributed by atoms with Crippen molar-refractivity contribution in [1.29, 1.82) is 0 Å². The summed E-state index contributed by atoms with van der Waals surface area (Å²) in [5.74, 6) is 2.87. The number of fused-ring (bicyclic) bond motifs is 1. The van der Waals surface area contributed by atoms with Gasteiger partial charge in [0, 0.05) is 42.6 Å². The Balaban J connectivity index is 1.16. The molecule has 12 heteroatoms. The smallest absolute Gasteiger partial charge is 0.252 e. The Kier molecular flexibility index (Phi) is 7.38. The maximum atomic E-state index is 13.6. The molecule has 5 heterocycles. The molecule has 1 saturated carbocycles. The molecule has 12 nitrogen and oxygen atoms in total. The van der Waals surface area contributed by atoms with Gasteiger partial charge in [-0.1, -0.05) is 12.1 Å². The highest BCUT2D eigenvalue weighted by molar-refractivity contribution is 5.86. The van der Waals surface area contributed by atoms with Gasteiger partial charge in [-0.2, -0.15) is 14.9 Å². The number of pyridine rings is 3. The van der Waals surface area contributed by atoms with Crippen molar-refractivity contribution in [3.05, 3.63) is 77.9 Å². The number of aryl methyl sites for hydroxylation is 2. The van der Waals surface area contributed by atoms with Crippen molar-refractivity contribution in [2.24, 2.45) is 0 Å². The summed E-state index contributed by atoms with van der Waals surface area (Å²) in [7, 11) is 1.62. The van der Waals surface area contributed by atoms with Crippen molar-refractivity contribution < 1.29 is 9.53 Å². The first kappa shape index (κ1) is 27.5. The van der Waals surface area contributed by atoms with Crippen LogP contribution in [0.5, 0.6) is 0 Å². The second-order valence-corrected chi connectivity index (χ2v) is 10.9. The fourth-order valence-corrected chi connectivity index (χ4v) is 5.67. The molecule has 0 bridgehead atoms. The second kappa shape index (κ2) is 11.3. The number of amides is 1. The van der Waals surface area contributed by atoms with E-state index in [0.717, 1.165) is 46.5 Å². The predicted molar refractivity (Wildman–Crippen MR) is 158 cm³/mol. The minimum atomic E-state index is -0.915. The largest absolute Gasteiger partial charge is 0.368 e. The summed E-state index contributed by atoms with van der Waals surface area (Å²) in [6, 6.07) is 11.5. The number of hydrogen-bond donors (Lipinski definition) is 3. The Morgan fingerprint density at radius 1 is 1.12 bits per heavy atom. The van der Waals surface area contributed by atoms with Crippen molar-refractivity contribution in [2.75, 3.05) is 12.4 Å². The maximum absolute atomic E-state index is 13.6. The van der Waals surface area contributed by atoms with Gasteiger partial charge >= 0.3 is 0 Å². The summed E-state index contributed by atoms with van der Waals surface area (Å²) < 4.78 is 7.60. The van der Waals surface area contributed by atoms with E-state index in [1.54, 1.807) is 24.2 Å². The monoisotopic (exact) mass is 566 g/mol. The Morgan fingerprint density at radius 2 is 1.95 bits per heavy atom. The third kappa shape index (κ3) is 5.32. The molecule has 1 atom stereocenters. The van der Waals surface area contributed by atoms with Crippen LogP contribution in [0.1, 0.15) is 67.3 Å². The molecule has 42 heavy (non-hydrogen) atoms. The van der Waals surface area contributed by atoms with E-state index in [4.69, 9.17) is 9.72 Å². The van der Waals surface area contributed by atoms with Gasteiger partial charge in [0.05, 0.1) is 17.3 Å². The highest BCUT2D eigenvalue weighted by Crippen LogP contribution is 2.41. The quantitative estimate of drug-likeness (QED) is 0.245. The van der Waals surface area contributed by atoms with E-state index in [1.807, 2.05) is 57.2 Å². The van der Waals surface area contributed by atoms with Crippen LogP contribution in [-0.4, -0.2) is 58.5 Å². The van der Waals surface area contributed by atoms with Gasteiger partial charge in [-0.3, -0.25) is 14.9 Å². The summed E-state index contributed by atoms with van der Waals surface area (Å²) >= 11 is 0. The zero-order valence-corrected chi connectivity index (χ0v) is 24.1. The van der Waals surface area contributed by atoms with Crippen LogP contribution < -0.4 is 10.6 Å². The second-order valence-electron chi connectivity index (χ2n) is 10.9. The summed E-state index contributed by atoms with van der Waals surface area (Å²) in [6.07, 6.45) is 7.68. The van der Waals surface area contributed by atoms with Crippen molar-refractivity contribution in [2.45, 2.75) is 64.0 Å². The minimum Gasteiger partial charge on any atom is -0.368 e. The Hall–Kier alpha value is -4.71. The van der Waals surface area contributed by atoms with E-state index < -0.39 is 5.60 Å². The molecule has 1 aliphatic rings. The van der Waals surface area contributed by atoms with Crippen LogP contribution in [0.4, 0.5) is 11.6 Å². The van der Waals surface area contributed by atoms with Crippen molar-refractivity contribution in [1.82, 2.24) is 45.2 Å². The molecule has 0 saturated heterocycles. The molecule has 1 fully saturated rings. The lowest BCUT2D eigenvalue weighted by molar-refractivity contribution is -0.148. The number of nitrogens with one attached hydrogen (secondary N) is 3. The van der Waals surface area contributed by atoms with E-state index >= 15 is 0 Å². The van der Waals surface area contributed by atoms with Crippen LogP contribution in [-0.2, 0) is 9.53 Å². The van der Waals surface area contributed by atoms with Crippen LogP contribution in [0.15, 0.2) is 55.1 Å². The molecule has 5 aromatic heterocycles. The van der Waals surface area contributed by atoms with Gasteiger partial charge in [-0.25, -0.2) is 15.0 Å². The average molecular weight is 567 g/mol. The average Bonchev–Trinajstić information content (AvgIpc) is 3.63. The van der Waals surface area contributed by atoms with Gasteiger partial charge in [0.25, 0.3) is 5.91 Å². The molecule has 3 N–H and O–H groups in total. The number of aromatic nitrogens is 8. The maximum Gasteiger partial charge on any atom is 0.252 e. The van der Waals surface area contributed by atoms with E-state index in [1.165, 1.54) is 6.33 Å². The first-order valence-corrected chi connectivity index (χ1v) is 14.1. The van der Waals surface area contributed by atoms with Crippen molar-refractivity contribution in [3.8, 4) is 5.82 Å². The van der Waals surface area contributed by atoms with E-state index in [9.17, 15) is 4.79 Å². The van der Waals surface area contributed by atoms with Crippen molar-refractivity contribution in [3.63, 3.8) is 0 Å². The zero-order chi connectivity index (χ0) is 29.3. The normalized spacial score (nSPS) is 19.5. The standard InChI is InChI=1S/C30H34N10O2/c1-18-14-25(39-38-18)36-24-15-22-6-5-13-31-27(22)28(37-24)21-9-11-30(42-4,12-10-21)29(41)35-19(2)23-7-8-26(32-16-23)40-20(3)33-17-34-40/h5-8,13-17,19,21H,9-12H2,1-4H3,(H,35,41)(H2,36,37,38,39)/t19-,21-,30+/m0/s1. The number of aromatic amines is 1. The third-order valence-electron chi connectivity index (χ3n) is 8.11. The van der Waals surface area contributed by atoms with Gasteiger partial charge in [0.2, 0.25) is 0 Å². The molecule has 0 radical (unpaired) electrons. The molecule has 0 spiro atoms. The van der Waals surface area contributed by atoms with Gasteiger partial charge < -0.3 is 15.4 Å². The van der Waals surface area contributed by atoms with Crippen LogP contribution in [0.3, 0.4) is 0 Å². The van der Waals surface area contributed by atoms with E-state index in [0.29, 0.717) is 30.3 Å². The number of rotatable bonds is 8. The topological polar surface area (TPSA) is 148 Å². The number of H-pyrrole nitrogens is 1. The molecular weight excluding hydrogens is 532 g/mol. The number of nitrogens with zero attached hydrogens (tertiary/aromatic N) is 7. The molecule has 216 valence electrons. The highest BCUT2D eigenvalue weighted by Gasteiger charge is 2.43. The molecule has 5 aromatic rings. The molecule has 0 aliphatic heterocycles. The number of carbonyl (C=O) groups excluding carboxylic acids is 1. The lowest BCUT2D eigenvalue weighted by Gasteiger charge is -2.38. The number of methoxy groups -OCH3 is 1. The summed E-state index contributed by atoms with van der Waals surface area (Å²) in [6.45, 7) is 5.77. The number of carbonyl (C=O) groups is 1. The third-order valence-corrected chi connectivity index (χ3v) is 8.11. The number of hydrogen-bond acceptors (Lipinski definition) is 9. The molecule has 1 aliphatic carbocycles. The number of anilines is 2. The van der Waals surface area contributed by atoms with Gasteiger partial charge in [-0.05, 0) is 70.2 Å². The first-order chi connectivity index (χ1) is 20.3. The van der Waals surface area contributed by atoms with Gasteiger partial charge in [0.15, 0.2) is 11.6 Å². The Morgan fingerprint density at radius 3 is 2.62 bits per heavy atom. The van der Waals surface area contributed by atoms with Crippen LogP contribution in [0.2, 0.25) is 0 Å².